The Labute approximate surface area is 211 Å². The Balaban J connectivity index is 0.00000289. The summed E-state index contributed by atoms with van der Waals surface area (Å²) in [5.41, 5.74) is 3.03. The van der Waals surface area contributed by atoms with Gasteiger partial charge in [0.25, 0.3) is 0 Å². The number of benzene rings is 3. The molecule has 8 heteroatoms. The number of aromatic nitrogens is 1. The monoisotopic (exact) mass is 514 g/mol. The molecule has 184 valence electrons. The van der Waals surface area contributed by atoms with Crippen LogP contribution in [0, 0.1) is 5.82 Å². The normalized spacial score (nSPS) is 15.1. The summed E-state index contributed by atoms with van der Waals surface area (Å²) in [4.78, 5) is 2.44. The van der Waals surface area contributed by atoms with Crippen LogP contribution >= 0.6 is 12.4 Å². The van der Waals surface area contributed by atoms with Gasteiger partial charge in [-0.15, -0.1) is 12.4 Å². The molecule has 0 amide bonds. The van der Waals surface area contributed by atoms with Gasteiger partial charge in [-0.2, -0.15) is 8.42 Å². The summed E-state index contributed by atoms with van der Waals surface area (Å²) >= 11 is 0. The Morgan fingerprint density at radius 2 is 1.71 bits per heavy atom. The minimum atomic E-state index is -3.93. The van der Waals surface area contributed by atoms with Crippen molar-refractivity contribution >= 4 is 33.4 Å². The van der Waals surface area contributed by atoms with Crippen LogP contribution in [0.2, 0.25) is 0 Å². The van der Waals surface area contributed by atoms with E-state index in [1.807, 2.05) is 18.2 Å². The van der Waals surface area contributed by atoms with Crippen LogP contribution in [-0.4, -0.2) is 38.0 Å². The topological polar surface area (TPSA) is 51.5 Å². The number of fused-ring (bicyclic) bond motifs is 1. The van der Waals surface area contributed by atoms with Gasteiger partial charge in [0.05, 0.1) is 0 Å². The molecule has 3 aromatic carbocycles. The lowest BCUT2D eigenvalue weighted by Crippen LogP contribution is -2.29. The fraction of sp³-hybridized carbons (Fsp3) is 0.259. The van der Waals surface area contributed by atoms with Gasteiger partial charge in [0.15, 0.2) is 0 Å². The molecule has 1 saturated heterocycles. The summed E-state index contributed by atoms with van der Waals surface area (Å²) in [6.45, 7) is 2.56. The number of nitrogens with zero attached hydrogens (tertiary/aromatic N) is 2. The molecule has 4 aromatic rings. The van der Waals surface area contributed by atoms with Crippen molar-refractivity contribution in [1.29, 1.82) is 0 Å². The van der Waals surface area contributed by atoms with Crippen molar-refractivity contribution < 1.29 is 17.0 Å². The molecule has 0 N–H and O–H groups in total. The van der Waals surface area contributed by atoms with E-state index in [0.29, 0.717) is 12.5 Å². The fourth-order valence-electron chi connectivity index (χ4n) is 4.73. The van der Waals surface area contributed by atoms with Crippen LogP contribution in [0.15, 0.2) is 83.9 Å². The van der Waals surface area contributed by atoms with Crippen molar-refractivity contribution in [3.63, 3.8) is 0 Å². The van der Waals surface area contributed by atoms with Gasteiger partial charge in [-0.05, 0) is 92.5 Å². The highest BCUT2D eigenvalue weighted by Crippen LogP contribution is 2.36. The summed E-state index contributed by atoms with van der Waals surface area (Å²) in [6, 6.07) is 20.2. The molecule has 0 spiro atoms. The van der Waals surface area contributed by atoms with Crippen molar-refractivity contribution in [1.82, 2.24) is 9.47 Å². The quantitative estimate of drug-likeness (QED) is 0.304. The zero-order valence-electron chi connectivity index (χ0n) is 19.4. The molecular weight excluding hydrogens is 487 g/mol. The van der Waals surface area contributed by atoms with Gasteiger partial charge in [-0.25, -0.2) is 4.39 Å². The number of piperidine rings is 1. The van der Waals surface area contributed by atoms with Crippen molar-refractivity contribution in [2.45, 2.75) is 30.2 Å². The zero-order valence-corrected chi connectivity index (χ0v) is 21.1. The highest BCUT2D eigenvalue weighted by Gasteiger charge is 2.24. The molecule has 0 aliphatic carbocycles. The molecular formula is C27H28ClFN2O3S. The van der Waals surface area contributed by atoms with Crippen molar-refractivity contribution in [2.75, 3.05) is 20.1 Å². The molecule has 2 heterocycles. The van der Waals surface area contributed by atoms with Crippen LogP contribution in [-0.2, 0) is 16.7 Å². The number of hydrogen-bond donors (Lipinski definition) is 0. The second-order valence-corrected chi connectivity index (χ2v) is 10.5. The Bertz CT molecular complexity index is 1420. The van der Waals surface area contributed by atoms with E-state index in [9.17, 15) is 12.8 Å². The Kier molecular flexibility index (Phi) is 7.50. The third-order valence-electron chi connectivity index (χ3n) is 6.52. The van der Waals surface area contributed by atoms with Crippen LogP contribution in [0.5, 0.6) is 5.75 Å². The van der Waals surface area contributed by atoms with Crippen LogP contribution in [0.3, 0.4) is 0 Å². The highest BCUT2D eigenvalue weighted by atomic mass is 35.5. The average molecular weight is 515 g/mol. The van der Waals surface area contributed by atoms with E-state index >= 15 is 0 Å². The molecule has 0 saturated carbocycles. The maximum absolute atomic E-state index is 13.8. The second kappa shape index (κ2) is 10.4. The molecule has 1 aromatic heterocycles. The maximum atomic E-state index is 13.8. The van der Waals surface area contributed by atoms with Gasteiger partial charge in [-0.3, -0.25) is 0 Å². The Morgan fingerprint density at radius 3 is 2.43 bits per heavy atom. The Hall–Kier alpha value is -2.87. The molecule has 1 aliphatic rings. The number of halogens is 2. The SMILES string of the molecule is CN1CCC(c2cn(Cc3cccc(F)c3)c3ccc(OS(=O)(=O)c4ccccc4)cc23)CC1.Cl. The first-order valence-electron chi connectivity index (χ1n) is 11.4. The molecule has 35 heavy (non-hydrogen) atoms. The minimum absolute atomic E-state index is 0. The summed E-state index contributed by atoms with van der Waals surface area (Å²) in [7, 11) is -1.80. The smallest absolute Gasteiger partial charge is 0.339 e. The molecule has 0 radical (unpaired) electrons. The molecule has 0 bridgehead atoms. The fourth-order valence-corrected chi connectivity index (χ4v) is 5.67. The standard InChI is InChI=1S/C27H27FN2O3S.ClH/c1-29-14-12-21(13-15-29)26-19-30(18-20-6-5-7-22(28)16-20)27-11-10-23(17-25(26)27)33-34(31,32)24-8-3-2-4-9-24;/h2-11,16-17,19,21H,12-15,18H2,1H3;1H. The summed E-state index contributed by atoms with van der Waals surface area (Å²) in [5.74, 6) is 0.397. The summed E-state index contributed by atoms with van der Waals surface area (Å²) < 4.78 is 46.9. The van der Waals surface area contributed by atoms with Crippen LogP contribution in [0.25, 0.3) is 10.9 Å². The van der Waals surface area contributed by atoms with Gasteiger partial charge >= 0.3 is 10.1 Å². The predicted molar refractivity (Wildman–Crippen MR) is 138 cm³/mol. The van der Waals surface area contributed by atoms with E-state index in [2.05, 4.69) is 22.7 Å². The van der Waals surface area contributed by atoms with Crippen molar-refractivity contribution in [3.8, 4) is 5.75 Å². The maximum Gasteiger partial charge on any atom is 0.339 e. The van der Waals surface area contributed by atoms with Gasteiger partial charge in [0, 0.05) is 23.6 Å². The lowest BCUT2D eigenvalue weighted by Gasteiger charge is -2.28. The van der Waals surface area contributed by atoms with E-state index < -0.39 is 10.1 Å². The van der Waals surface area contributed by atoms with Gasteiger partial charge in [0.1, 0.15) is 16.5 Å². The number of likely N-dealkylation sites (tertiary alicyclic amines) is 1. The molecule has 1 fully saturated rings. The third-order valence-corrected chi connectivity index (χ3v) is 7.78. The van der Waals surface area contributed by atoms with E-state index in [0.717, 1.165) is 42.4 Å². The average Bonchev–Trinajstić information content (AvgIpc) is 3.17. The summed E-state index contributed by atoms with van der Waals surface area (Å²) in [6.07, 6.45) is 4.20. The Morgan fingerprint density at radius 1 is 0.971 bits per heavy atom. The molecule has 0 unspecified atom stereocenters. The van der Waals surface area contributed by atoms with Gasteiger partial charge in [0.2, 0.25) is 0 Å². The third kappa shape index (κ3) is 5.53. The zero-order chi connectivity index (χ0) is 23.7. The number of rotatable bonds is 6. The van der Waals surface area contributed by atoms with E-state index in [4.69, 9.17) is 4.18 Å². The lowest BCUT2D eigenvalue weighted by molar-refractivity contribution is 0.256. The molecule has 5 nitrogen and oxygen atoms in total. The summed E-state index contributed by atoms with van der Waals surface area (Å²) in [5, 5.41) is 0.978. The second-order valence-electron chi connectivity index (χ2n) is 8.95. The van der Waals surface area contributed by atoms with Crippen LogP contribution in [0.4, 0.5) is 4.39 Å². The van der Waals surface area contributed by atoms with Crippen molar-refractivity contribution in [3.05, 3.63) is 95.9 Å². The van der Waals surface area contributed by atoms with E-state index in [-0.39, 0.29) is 28.9 Å². The molecule has 0 atom stereocenters. The highest BCUT2D eigenvalue weighted by molar-refractivity contribution is 7.87. The predicted octanol–water partition coefficient (Wildman–Crippen LogP) is 5.83. The first-order valence-corrected chi connectivity index (χ1v) is 12.9. The first-order chi connectivity index (χ1) is 16.4. The van der Waals surface area contributed by atoms with Gasteiger partial charge in [-0.1, -0.05) is 30.3 Å². The van der Waals surface area contributed by atoms with Gasteiger partial charge < -0.3 is 13.7 Å². The lowest BCUT2D eigenvalue weighted by atomic mass is 9.89. The van der Waals surface area contributed by atoms with Crippen molar-refractivity contribution in [2.24, 2.45) is 0 Å². The van der Waals surface area contributed by atoms with E-state index in [1.54, 1.807) is 36.4 Å². The van der Waals surface area contributed by atoms with E-state index in [1.165, 1.54) is 23.8 Å². The first kappa shape index (κ1) is 25.2. The molecule has 5 rings (SSSR count). The largest absolute Gasteiger partial charge is 0.379 e. The number of hydrogen-bond acceptors (Lipinski definition) is 4. The minimum Gasteiger partial charge on any atom is -0.379 e. The molecule has 1 aliphatic heterocycles. The van der Waals surface area contributed by atoms with Crippen LogP contribution in [0.1, 0.15) is 29.9 Å². The van der Waals surface area contributed by atoms with Crippen LogP contribution < -0.4 is 4.18 Å².